The number of benzene rings is 2. The zero-order chi connectivity index (χ0) is 20.8. The first-order valence-electron chi connectivity index (χ1n) is 10.1. The van der Waals surface area contributed by atoms with E-state index in [1.807, 2.05) is 79.9 Å². The molecule has 1 heterocycles. The molecular formula is C23H28N4O2. The molecule has 152 valence electrons. The molecule has 0 atom stereocenters. The maximum Gasteiger partial charge on any atom is 0.246 e. The van der Waals surface area contributed by atoms with E-state index in [1.165, 1.54) is 0 Å². The number of hydrogen-bond donors (Lipinski definition) is 1. The molecule has 3 rings (SSSR count). The monoisotopic (exact) mass is 392 g/mol. The standard InChI is InChI=1S/C23H28N4O2/c1-4-26(18-10-6-5-7-11-18)22(28)16-27-20-13-9-8-12-19(20)25-21(27)14-15-24-23(29)17(2)3/h5-13,17H,4,14-16H2,1-3H3,(H,24,29). The second-order valence-electron chi connectivity index (χ2n) is 7.27. The van der Waals surface area contributed by atoms with Gasteiger partial charge in [-0.1, -0.05) is 44.2 Å². The molecule has 1 aromatic heterocycles. The number of nitrogens with zero attached hydrogens (tertiary/aromatic N) is 3. The molecule has 0 saturated heterocycles. The lowest BCUT2D eigenvalue weighted by Gasteiger charge is -2.22. The van der Waals surface area contributed by atoms with Crippen LogP contribution in [-0.4, -0.2) is 34.5 Å². The molecule has 3 aromatic rings. The van der Waals surface area contributed by atoms with Crippen molar-refractivity contribution in [1.82, 2.24) is 14.9 Å². The van der Waals surface area contributed by atoms with Crippen molar-refractivity contribution < 1.29 is 9.59 Å². The van der Waals surface area contributed by atoms with Gasteiger partial charge in [0.15, 0.2) is 0 Å². The first-order chi connectivity index (χ1) is 14.0. The highest BCUT2D eigenvalue weighted by molar-refractivity contribution is 5.94. The van der Waals surface area contributed by atoms with Gasteiger partial charge in [-0.15, -0.1) is 0 Å². The lowest BCUT2D eigenvalue weighted by molar-refractivity contribution is -0.124. The van der Waals surface area contributed by atoms with Gasteiger partial charge in [-0.3, -0.25) is 9.59 Å². The highest BCUT2D eigenvalue weighted by Crippen LogP contribution is 2.19. The second-order valence-corrected chi connectivity index (χ2v) is 7.27. The summed E-state index contributed by atoms with van der Waals surface area (Å²) in [6.45, 7) is 6.99. The minimum atomic E-state index is -0.0561. The molecule has 0 spiro atoms. The Morgan fingerprint density at radius 2 is 1.76 bits per heavy atom. The number of para-hydroxylation sites is 3. The molecule has 1 N–H and O–H groups in total. The van der Waals surface area contributed by atoms with E-state index >= 15 is 0 Å². The van der Waals surface area contributed by atoms with Crippen LogP contribution in [0.4, 0.5) is 5.69 Å². The van der Waals surface area contributed by atoms with Gasteiger partial charge in [-0.2, -0.15) is 0 Å². The van der Waals surface area contributed by atoms with Gasteiger partial charge < -0.3 is 14.8 Å². The number of nitrogens with one attached hydrogen (secondary N) is 1. The third-order valence-electron chi connectivity index (χ3n) is 4.88. The van der Waals surface area contributed by atoms with Gasteiger partial charge in [-0.05, 0) is 31.2 Å². The Kier molecular flexibility index (Phi) is 6.65. The Bertz CT molecular complexity index is 979. The predicted octanol–water partition coefficient (Wildman–Crippen LogP) is 3.40. The summed E-state index contributed by atoms with van der Waals surface area (Å²) >= 11 is 0. The van der Waals surface area contributed by atoms with Crippen LogP contribution in [0.2, 0.25) is 0 Å². The number of amides is 2. The predicted molar refractivity (Wildman–Crippen MR) is 116 cm³/mol. The fourth-order valence-corrected chi connectivity index (χ4v) is 3.33. The molecule has 0 saturated carbocycles. The Balaban J connectivity index is 1.83. The largest absolute Gasteiger partial charge is 0.355 e. The Morgan fingerprint density at radius 3 is 2.45 bits per heavy atom. The highest BCUT2D eigenvalue weighted by Gasteiger charge is 2.18. The molecule has 0 fully saturated rings. The summed E-state index contributed by atoms with van der Waals surface area (Å²) in [7, 11) is 0. The fourth-order valence-electron chi connectivity index (χ4n) is 3.33. The van der Waals surface area contributed by atoms with Crippen LogP contribution in [0.3, 0.4) is 0 Å². The molecule has 0 unspecified atom stereocenters. The lowest BCUT2D eigenvalue weighted by atomic mass is 10.2. The number of fused-ring (bicyclic) bond motifs is 1. The smallest absolute Gasteiger partial charge is 0.246 e. The van der Waals surface area contributed by atoms with Crippen molar-refractivity contribution in [3.05, 3.63) is 60.4 Å². The van der Waals surface area contributed by atoms with Crippen molar-refractivity contribution in [1.29, 1.82) is 0 Å². The van der Waals surface area contributed by atoms with Gasteiger partial charge >= 0.3 is 0 Å². The number of imidazole rings is 1. The maximum atomic E-state index is 13.1. The Hall–Kier alpha value is -3.15. The van der Waals surface area contributed by atoms with Crippen LogP contribution in [0.15, 0.2) is 54.6 Å². The first kappa shape index (κ1) is 20.6. The normalized spacial score (nSPS) is 11.0. The zero-order valence-electron chi connectivity index (χ0n) is 17.3. The third-order valence-corrected chi connectivity index (χ3v) is 4.88. The van der Waals surface area contributed by atoms with E-state index in [4.69, 9.17) is 4.98 Å². The summed E-state index contributed by atoms with van der Waals surface area (Å²) in [5, 5.41) is 2.93. The van der Waals surface area contributed by atoms with Crippen LogP contribution in [0.25, 0.3) is 11.0 Å². The molecule has 6 heteroatoms. The van der Waals surface area contributed by atoms with Crippen molar-refractivity contribution >= 4 is 28.5 Å². The lowest BCUT2D eigenvalue weighted by Crippen LogP contribution is -2.34. The average molecular weight is 393 g/mol. The fraction of sp³-hybridized carbons (Fsp3) is 0.348. The third kappa shape index (κ3) is 4.83. The van der Waals surface area contributed by atoms with Gasteiger partial charge in [0, 0.05) is 31.1 Å². The van der Waals surface area contributed by atoms with E-state index in [1.54, 1.807) is 4.90 Å². The summed E-state index contributed by atoms with van der Waals surface area (Å²) in [5.74, 6) is 0.770. The van der Waals surface area contributed by atoms with E-state index in [-0.39, 0.29) is 24.3 Å². The van der Waals surface area contributed by atoms with Crippen LogP contribution in [-0.2, 0) is 22.6 Å². The Morgan fingerprint density at radius 1 is 1.07 bits per heavy atom. The Labute approximate surface area is 171 Å². The SMILES string of the molecule is CCN(C(=O)Cn1c(CCNC(=O)C(C)C)nc2ccccc21)c1ccccc1. The zero-order valence-corrected chi connectivity index (χ0v) is 17.3. The van der Waals surface area contributed by atoms with E-state index < -0.39 is 0 Å². The van der Waals surface area contributed by atoms with Crippen LogP contribution >= 0.6 is 0 Å². The molecule has 6 nitrogen and oxygen atoms in total. The quantitative estimate of drug-likeness (QED) is 0.639. The number of carbonyl (C=O) groups is 2. The van der Waals surface area contributed by atoms with E-state index in [9.17, 15) is 9.59 Å². The van der Waals surface area contributed by atoms with Gasteiger partial charge in [0.05, 0.1) is 11.0 Å². The van der Waals surface area contributed by atoms with E-state index in [2.05, 4.69) is 5.32 Å². The maximum absolute atomic E-state index is 13.1. The molecule has 0 bridgehead atoms. The van der Waals surface area contributed by atoms with Gasteiger partial charge in [0.2, 0.25) is 11.8 Å². The van der Waals surface area contributed by atoms with Crippen LogP contribution in [0.1, 0.15) is 26.6 Å². The van der Waals surface area contributed by atoms with E-state index in [0.717, 1.165) is 22.5 Å². The summed E-state index contributed by atoms with van der Waals surface area (Å²) in [4.78, 5) is 31.5. The van der Waals surface area contributed by atoms with Crippen LogP contribution in [0.5, 0.6) is 0 Å². The molecule has 2 amide bonds. The number of aromatic nitrogens is 2. The van der Waals surface area contributed by atoms with Crippen LogP contribution in [0, 0.1) is 5.92 Å². The number of likely N-dealkylation sites (N-methyl/N-ethyl adjacent to an activating group) is 1. The summed E-state index contributed by atoms with van der Waals surface area (Å²) in [6, 6.07) is 17.5. The summed E-state index contributed by atoms with van der Waals surface area (Å²) in [5.41, 5.74) is 2.67. The van der Waals surface area contributed by atoms with E-state index in [0.29, 0.717) is 19.5 Å². The van der Waals surface area contributed by atoms with Gasteiger partial charge in [0.1, 0.15) is 12.4 Å². The molecule has 0 aliphatic rings. The number of hydrogen-bond acceptors (Lipinski definition) is 3. The minimum absolute atomic E-state index is 0.00863. The molecule has 29 heavy (non-hydrogen) atoms. The molecule has 0 aliphatic carbocycles. The molecule has 0 aliphatic heterocycles. The number of rotatable bonds is 8. The van der Waals surface area contributed by atoms with Crippen molar-refractivity contribution in [3.8, 4) is 0 Å². The molecule has 0 radical (unpaired) electrons. The summed E-state index contributed by atoms with van der Waals surface area (Å²) in [6.07, 6.45) is 0.567. The van der Waals surface area contributed by atoms with Gasteiger partial charge in [-0.25, -0.2) is 4.98 Å². The minimum Gasteiger partial charge on any atom is -0.355 e. The average Bonchev–Trinajstić information content (AvgIpc) is 3.06. The molecular weight excluding hydrogens is 364 g/mol. The second kappa shape index (κ2) is 9.37. The van der Waals surface area contributed by atoms with Crippen molar-refractivity contribution in [2.75, 3.05) is 18.0 Å². The van der Waals surface area contributed by atoms with Crippen LogP contribution < -0.4 is 10.2 Å². The number of anilines is 1. The van der Waals surface area contributed by atoms with Crippen molar-refractivity contribution in [3.63, 3.8) is 0 Å². The van der Waals surface area contributed by atoms with Crippen molar-refractivity contribution in [2.24, 2.45) is 5.92 Å². The topological polar surface area (TPSA) is 67.2 Å². The number of carbonyl (C=O) groups excluding carboxylic acids is 2. The molecule has 2 aromatic carbocycles. The first-order valence-corrected chi connectivity index (χ1v) is 10.1. The van der Waals surface area contributed by atoms with Crippen molar-refractivity contribution in [2.45, 2.75) is 33.7 Å². The van der Waals surface area contributed by atoms with Gasteiger partial charge in [0.25, 0.3) is 0 Å². The highest BCUT2D eigenvalue weighted by atomic mass is 16.2. The summed E-state index contributed by atoms with van der Waals surface area (Å²) < 4.78 is 1.96.